The molecule has 1 unspecified atom stereocenters. The van der Waals surface area contributed by atoms with Gasteiger partial charge in [-0.25, -0.2) is 0 Å². The molecule has 0 amide bonds. The van der Waals surface area contributed by atoms with Gasteiger partial charge in [-0.3, -0.25) is 4.79 Å². The molecular weight excluding hydrogens is 228 g/mol. The highest BCUT2D eigenvalue weighted by Gasteiger charge is 2.05. The number of thioether (sulfide) groups is 1. The van der Waals surface area contributed by atoms with E-state index in [1.54, 1.807) is 18.7 Å². The van der Waals surface area contributed by atoms with Gasteiger partial charge < -0.3 is 0 Å². The minimum absolute atomic E-state index is 0.256. The van der Waals surface area contributed by atoms with E-state index >= 15 is 0 Å². The van der Waals surface area contributed by atoms with Crippen LogP contribution in [0.3, 0.4) is 0 Å². The Morgan fingerprint density at radius 1 is 1.40 bits per heavy atom. The summed E-state index contributed by atoms with van der Waals surface area (Å²) in [6.07, 6.45) is 0.651. The first-order valence-electron chi connectivity index (χ1n) is 4.93. The molecule has 3 heteroatoms. The smallest absolute Gasteiger partial charge is 0.130 e. The number of Topliss-reactive ketones (excluding diaryl/α,β-unsaturated/α-hetero) is 1. The predicted molar refractivity (Wildman–Crippen MR) is 67.5 cm³/mol. The van der Waals surface area contributed by atoms with Crippen LogP contribution < -0.4 is 0 Å². The summed E-state index contributed by atoms with van der Waals surface area (Å²) in [4.78, 5) is 10.9. The number of benzene rings is 1. The van der Waals surface area contributed by atoms with Gasteiger partial charge in [-0.1, -0.05) is 30.7 Å². The summed E-state index contributed by atoms with van der Waals surface area (Å²) in [6.45, 7) is 3.72. The first-order valence-corrected chi connectivity index (χ1v) is 6.36. The maximum absolute atomic E-state index is 10.9. The summed E-state index contributed by atoms with van der Waals surface area (Å²) >= 11 is 7.59. The average molecular weight is 243 g/mol. The number of ketones is 1. The van der Waals surface area contributed by atoms with Gasteiger partial charge in [0, 0.05) is 22.4 Å². The summed E-state index contributed by atoms with van der Waals surface area (Å²) < 4.78 is 0. The predicted octanol–water partition coefficient (Wildman–Crippen LogP) is 3.94. The molecule has 1 nitrogen and oxygen atoms in total. The number of halogens is 1. The van der Waals surface area contributed by atoms with Crippen molar-refractivity contribution in [2.75, 3.05) is 0 Å². The zero-order valence-electron chi connectivity index (χ0n) is 9.00. The first kappa shape index (κ1) is 12.6. The number of rotatable bonds is 5. The Hall–Kier alpha value is -0.470. The van der Waals surface area contributed by atoms with Crippen molar-refractivity contribution in [2.45, 2.75) is 31.3 Å². The summed E-state index contributed by atoms with van der Waals surface area (Å²) in [5.41, 5.74) is 1.25. The van der Waals surface area contributed by atoms with Crippen molar-refractivity contribution in [2.24, 2.45) is 0 Å². The Labute approximate surface area is 100 Å². The maximum Gasteiger partial charge on any atom is 0.130 e. The zero-order valence-corrected chi connectivity index (χ0v) is 10.6. The van der Waals surface area contributed by atoms with E-state index in [9.17, 15) is 4.79 Å². The van der Waals surface area contributed by atoms with Crippen LogP contribution in [0.4, 0.5) is 0 Å². The number of hydrogen-bond acceptors (Lipinski definition) is 2. The van der Waals surface area contributed by atoms with Crippen molar-refractivity contribution in [1.29, 1.82) is 0 Å². The standard InChI is InChI=1S/C12H15ClOS/c1-9(14)7-10(2)15-8-11-3-5-12(13)6-4-11/h3-6,10H,7-8H2,1-2H3. The molecule has 0 aliphatic rings. The van der Waals surface area contributed by atoms with Gasteiger partial charge in [0.1, 0.15) is 5.78 Å². The molecule has 0 heterocycles. The SMILES string of the molecule is CC(=O)CC(C)SCc1ccc(Cl)cc1. The highest BCUT2D eigenvalue weighted by Crippen LogP contribution is 2.21. The van der Waals surface area contributed by atoms with Crippen LogP contribution in [-0.4, -0.2) is 11.0 Å². The molecule has 0 fully saturated rings. The first-order chi connectivity index (χ1) is 7.08. The van der Waals surface area contributed by atoms with Gasteiger partial charge >= 0.3 is 0 Å². The molecule has 0 radical (unpaired) electrons. The van der Waals surface area contributed by atoms with Crippen LogP contribution in [0, 0.1) is 0 Å². The number of carbonyl (C=O) groups excluding carboxylic acids is 1. The van der Waals surface area contributed by atoms with E-state index in [1.165, 1.54) is 5.56 Å². The minimum Gasteiger partial charge on any atom is -0.300 e. The van der Waals surface area contributed by atoms with E-state index in [-0.39, 0.29) is 5.78 Å². The number of hydrogen-bond donors (Lipinski definition) is 0. The molecule has 0 saturated heterocycles. The molecule has 0 bridgehead atoms. The van der Waals surface area contributed by atoms with Gasteiger partial charge in [0.2, 0.25) is 0 Å². The van der Waals surface area contributed by atoms with E-state index in [0.717, 1.165) is 10.8 Å². The molecule has 1 atom stereocenters. The molecule has 1 rings (SSSR count). The molecule has 15 heavy (non-hydrogen) atoms. The van der Waals surface area contributed by atoms with Gasteiger partial charge in [-0.2, -0.15) is 11.8 Å². The van der Waals surface area contributed by atoms with E-state index in [4.69, 9.17) is 11.6 Å². The van der Waals surface area contributed by atoms with Gasteiger partial charge in [-0.15, -0.1) is 0 Å². The monoisotopic (exact) mass is 242 g/mol. The second-order valence-electron chi connectivity index (χ2n) is 3.65. The van der Waals surface area contributed by atoms with Crippen molar-refractivity contribution < 1.29 is 4.79 Å². The van der Waals surface area contributed by atoms with E-state index in [2.05, 4.69) is 6.92 Å². The second-order valence-corrected chi connectivity index (χ2v) is 5.52. The molecule has 0 aromatic heterocycles. The Kier molecular flexibility index (Phi) is 5.20. The molecule has 0 N–H and O–H groups in total. The average Bonchev–Trinajstić information content (AvgIpc) is 2.16. The summed E-state index contributed by atoms with van der Waals surface area (Å²) in [6, 6.07) is 7.84. The van der Waals surface area contributed by atoms with Crippen LogP contribution in [-0.2, 0) is 10.5 Å². The van der Waals surface area contributed by atoms with Gasteiger partial charge in [-0.05, 0) is 24.6 Å². The summed E-state index contributed by atoms with van der Waals surface area (Å²) in [7, 11) is 0. The molecular formula is C12H15ClOS. The molecule has 0 saturated carbocycles. The van der Waals surface area contributed by atoms with Crippen molar-refractivity contribution in [3.8, 4) is 0 Å². The lowest BCUT2D eigenvalue weighted by molar-refractivity contribution is -0.116. The molecule has 82 valence electrons. The lowest BCUT2D eigenvalue weighted by Gasteiger charge is -2.08. The Balaban J connectivity index is 2.36. The third-order valence-electron chi connectivity index (χ3n) is 2.02. The van der Waals surface area contributed by atoms with Crippen molar-refractivity contribution in [3.05, 3.63) is 34.9 Å². The third kappa shape index (κ3) is 5.24. The van der Waals surface area contributed by atoms with Crippen LogP contribution in [0.15, 0.2) is 24.3 Å². The zero-order chi connectivity index (χ0) is 11.3. The molecule has 0 aliphatic heterocycles. The van der Waals surface area contributed by atoms with Gasteiger partial charge in [0.15, 0.2) is 0 Å². The van der Waals surface area contributed by atoms with E-state index < -0.39 is 0 Å². The van der Waals surface area contributed by atoms with Crippen molar-refractivity contribution in [1.82, 2.24) is 0 Å². The third-order valence-corrected chi connectivity index (χ3v) is 3.51. The summed E-state index contributed by atoms with van der Waals surface area (Å²) in [5.74, 6) is 1.19. The quantitative estimate of drug-likeness (QED) is 0.778. The van der Waals surface area contributed by atoms with Crippen LogP contribution in [0.25, 0.3) is 0 Å². The van der Waals surface area contributed by atoms with E-state index in [1.807, 2.05) is 24.3 Å². The lowest BCUT2D eigenvalue weighted by atomic mass is 10.2. The minimum atomic E-state index is 0.256. The summed E-state index contributed by atoms with van der Waals surface area (Å²) in [5, 5.41) is 1.15. The Morgan fingerprint density at radius 3 is 2.53 bits per heavy atom. The van der Waals surface area contributed by atoms with Crippen LogP contribution in [0.2, 0.25) is 5.02 Å². The fourth-order valence-electron chi connectivity index (χ4n) is 1.28. The fraction of sp³-hybridized carbons (Fsp3) is 0.417. The maximum atomic E-state index is 10.9. The Morgan fingerprint density at radius 2 is 2.00 bits per heavy atom. The van der Waals surface area contributed by atoms with Gasteiger partial charge in [0.05, 0.1) is 0 Å². The van der Waals surface area contributed by atoms with Gasteiger partial charge in [0.25, 0.3) is 0 Å². The van der Waals surface area contributed by atoms with Crippen LogP contribution in [0.1, 0.15) is 25.8 Å². The van der Waals surface area contributed by atoms with Crippen LogP contribution >= 0.6 is 23.4 Å². The largest absolute Gasteiger partial charge is 0.300 e. The van der Waals surface area contributed by atoms with Crippen LogP contribution in [0.5, 0.6) is 0 Å². The Bertz CT molecular complexity index is 321. The second kappa shape index (κ2) is 6.19. The molecule has 0 aliphatic carbocycles. The number of carbonyl (C=O) groups is 1. The topological polar surface area (TPSA) is 17.1 Å². The molecule has 1 aromatic rings. The highest BCUT2D eigenvalue weighted by atomic mass is 35.5. The van der Waals surface area contributed by atoms with Crippen molar-refractivity contribution in [3.63, 3.8) is 0 Å². The fourth-order valence-corrected chi connectivity index (χ4v) is 2.43. The molecule has 1 aromatic carbocycles. The molecule has 0 spiro atoms. The lowest BCUT2D eigenvalue weighted by Crippen LogP contribution is -2.03. The normalized spacial score (nSPS) is 12.5. The highest BCUT2D eigenvalue weighted by molar-refractivity contribution is 7.99. The van der Waals surface area contributed by atoms with Crippen molar-refractivity contribution >= 4 is 29.1 Å². The van der Waals surface area contributed by atoms with E-state index in [0.29, 0.717) is 11.7 Å².